The molecule has 1 heterocycles. The van der Waals surface area contributed by atoms with E-state index in [0.29, 0.717) is 5.69 Å². The van der Waals surface area contributed by atoms with Crippen molar-refractivity contribution in [2.24, 2.45) is 0 Å². The van der Waals surface area contributed by atoms with Crippen molar-refractivity contribution in [1.82, 2.24) is 5.16 Å². The van der Waals surface area contributed by atoms with Crippen molar-refractivity contribution in [3.63, 3.8) is 0 Å². The molecule has 0 saturated heterocycles. The number of benzene rings is 1. The van der Waals surface area contributed by atoms with Crippen LogP contribution in [0.5, 0.6) is 0 Å². The zero-order valence-electron chi connectivity index (χ0n) is 10.2. The lowest BCUT2D eigenvalue weighted by Gasteiger charge is -2.05. The third-order valence-electron chi connectivity index (χ3n) is 2.50. The summed E-state index contributed by atoms with van der Waals surface area (Å²) >= 11 is 0. The first-order chi connectivity index (χ1) is 8.51. The first-order valence-electron chi connectivity index (χ1n) is 5.56. The lowest BCUT2D eigenvalue weighted by atomic mass is 10.2. The molecule has 0 spiro atoms. The molecular weight excluding hydrogens is 252 g/mol. The van der Waals surface area contributed by atoms with Crippen molar-refractivity contribution in [2.45, 2.75) is 25.2 Å². The van der Waals surface area contributed by atoms with Gasteiger partial charge in [0.2, 0.25) is 5.88 Å². The molecule has 1 aromatic carbocycles. The van der Waals surface area contributed by atoms with Gasteiger partial charge in [-0.05, 0) is 31.0 Å². The van der Waals surface area contributed by atoms with Gasteiger partial charge in [0.05, 0.1) is 10.6 Å². The van der Waals surface area contributed by atoms with Gasteiger partial charge >= 0.3 is 0 Å². The summed E-state index contributed by atoms with van der Waals surface area (Å²) in [6, 6.07) is 8.26. The number of hydrogen-bond acceptors (Lipinski definition) is 4. The first-order valence-corrected chi connectivity index (χ1v) is 7.04. The highest BCUT2D eigenvalue weighted by Gasteiger charge is 2.16. The number of anilines is 1. The molecule has 0 aliphatic rings. The molecule has 0 amide bonds. The minimum atomic E-state index is -3.61. The molecular formula is C12H14N2O3S. The number of aromatic nitrogens is 1. The van der Waals surface area contributed by atoms with Crippen molar-refractivity contribution >= 4 is 15.9 Å². The second-order valence-electron chi connectivity index (χ2n) is 3.94. The van der Waals surface area contributed by atoms with E-state index in [0.717, 1.165) is 12.0 Å². The molecule has 18 heavy (non-hydrogen) atoms. The molecule has 1 N–H and O–H groups in total. The molecule has 0 radical (unpaired) electrons. The molecule has 2 aromatic rings. The first kappa shape index (κ1) is 12.6. The fourth-order valence-electron chi connectivity index (χ4n) is 1.51. The van der Waals surface area contributed by atoms with Crippen LogP contribution in [0, 0.1) is 6.92 Å². The molecule has 1 aromatic heterocycles. The van der Waals surface area contributed by atoms with Crippen LogP contribution >= 0.6 is 0 Å². The number of nitrogens with zero attached hydrogens (tertiary/aromatic N) is 1. The molecule has 0 aliphatic carbocycles. The van der Waals surface area contributed by atoms with E-state index in [2.05, 4.69) is 9.88 Å². The molecule has 2 rings (SSSR count). The fraction of sp³-hybridized carbons (Fsp3) is 0.250. The normalized spacial score (nSPS) is 11.4. The minimum Gasteiger partial charge on any atom is -0.338 e. The number of aryl methyl sites for hydroxylation is 2. The Hall–Kier alpha value is -1.82. The summed E-state index contributed by atoms with van der Waals surface area (Å²) in [6.07, 6.45) is 0.870. The van der Waals surface area contributed by atoms with E-state index in [1.54, 1.807) is 31.2 Å². The second kappa shape index (κ2) is 4.81. The van der Waals surface area contributed by atoms with Crippen LogP contribution < -0.4 is 4.72 Å². The smallest absolute Gasteiger partial charge is 0.264 e. The van der Waals surface area contributed by atoms with E-state index in [-0.39, 0.29) is 10.8 Å². The van der Waals surface area contributed by atoms with Crippen LogP contribution in [-0.4, -0.2) is 13.6 Å². The van der Waals surface area contributed by atoms with Crippen LogP contribution in [0.2, 0.25) is 0 Å². The van der Waals surface area contributed by atoms with Crippen LogP contribution in [-0.2, 0) is 16.4 Å². The van der Waals surface area contributed by atoms with E-state index in [4.69, 9.17) is 4.52 Å². The number of hydrogen-bond donors (Lipinski definition) is 1. The monoisotopic (exact) mass is 266 g/mol. The van der Waals surface area contributed by atoms with Gasteiger partial charge in [0.1, 0.15) is 0 Å². The Bertz CT molecular complexity index is 630. The minimum absolute atomic E-state index is 0.118. The third kappa shape index (κ3) is 2.70. The van der Waals surface area contributed by atoms with Gasteiger partial charge in [0.15, 0.2) is 0 Å². The van der Waals surface area contributed by atoms with Crippen molar-refractivity contribution < 1.29 is 12.9 Å². The maximum Gasteiger partial charge on any atom is 0.264 e. The Morgan fingerprint density at radius 1 is 1.28 bits per heavy atom. The quantitative estimate of drug-likeness (QED) is 0.922. The van der Waals surface area contributed by atoms with Crippen LogP contribution in [0.4, 0.5) is 5.88 Å². The summed E-state index contributed by atoms with van der Waals surface area (Å²) in [5.74, 6) is 0.118. The number of nitrogens with one attached hydrogen (secondary N) is 1. The second-order valence-corrected chi connectivity index (χ2v) is 5.62. The summed E-state index contributed by atoms with van der Waals surface area (Å²) in [6.45, 7) is 3.73. The highest BCUT2D eigenvalue weighted by atomic mass is 32.2. The molecule has 0 saturated carbocycles. The molecule has 0 atom stereocenters. The fourth-order valence-corrected chi connectivity index (χ4v) is 2.48. The molecule has 0 bridgehead atoms. The third-order valence-corrected chi connectivity index (χ3v) is 3.87. The van der Waals surface area contributed by atoms with Crippen molar-refractivity contribution in [1.29, 1.82) is 0 Å². The van der Waals surface area contributed by atoms with Gasteiger partial charge in [0.25, 0.3) is 10.0 Å². The Morgan fingerprint density at radius 3 is 2.44 bits per heavy atom. The average Bonchev–Trinajstić information content (AvgIpc) is 2.74. The predicted octanol–water partition coefficient (Wildman–Crippen LogP) is 2.35. The van der Waals surface area contributed by atoms with E-state index in [1.807, 2.05) is 6.92 Å². The molecule has 0 fully saturated rings. The number of sulfonamides is 1. The Morgan fingerprint density at radius 2 is 1.94 bits per heavy atom. The van der Waals surface area contributed by atoms with E-state index in [9.17, 15) is 8.42 Å². The van der Waals surface area contributed by atoms with Crippen molar-refractivity contribution in [3.8, 4) is 0 Å². The van der Waals surface area contributed by atoms with E-state index >= 15 is 0 Å². The maximum absolute atomic E-state index is 12.0. The van der Waals surface area contributed by atoms with Gasteiger partial charge in [-0.25, -0.2) is 13.1 Å². The van der Waals surface area contributed by atoms with Crippen LogP contribution in [0.3, 0.4) is 0 Å². The summed E-state index contributed by atoms with van der Waals surface area (Å²) in [5, 5.41) is 3.62. The van der Waals surface area contributed by atoms with Crippen LogP contribution in [0.25, 0.3) is 0 Å². The summed E-state index contributed by atoms with van der Waals surface area (Å²) in [7, 11) is -3.61. The average molecular weight is 266 g/mol. The SMILES string of the molecule is CCc1ccc(S(=O)(=O)Nc2cc(C)no2)cc1. The summed E-state index contributed by atoms with van der Waals surface area (Å²) in [4.78, 5) is 0.203. The predicted molar refractivity (Wildman–Crippen MR) is 67.9 cm³/mol. The van der Waals surface area contributed by atoms with Crippen LogP contribution in [0.1, 0.15) is 18.2 Å². The molecule has 5 nitrogen and oxygen atoms in total. The Kier molecular flexibility index (Phi) is 3.38. The Balaban J connectivity index is 2.24. The summed E-state index contributed by atoms with van der Waals surface area (Å²) in [5.41, 5.74) is 1.71. The zero-order chi connectivity index (χ0) is 13.2. The zero-order valence-corrected chi connectivity index (χ0v) is 11.0. The van der Waals surface area contributed by atoms with Crippen LogP contribution in [0.15, 0.2) is 39.8 Å². The summed E-state index contributed by atoms with van der Waals surface area (Å²) < 4.78 is 31.2. The van der Waals surface area contributed by atoms with Gasteiger partial charge in [-0.3, -0.25) is 0 Å². The lowest BCUT2D eigenvalue weighted by Crippen LogP contribution is -2.12. The molecule has 0 unspecified atom stereocenters. The lowest BCUT2D eigenvalue weighted by molar-refractivity contribution is 0.430. The van der Waals surface area contributed by atoms with Gasteiger partial charge in [-0.1, -0.05) is 24.2 Å². The van der Waals surface area contributed by atoms with E-state index in [1.165, 1.54) is 6.07 Å². The molecule has 0 aliphatic heterocycles. The largest absolute Gasteiger partial charge is 0.338 e. The van der Waals surface area contributed by atoms with Gasteiger partial charge < -0.3 is 4.52 Å². The molecule has 6 heteroatoms. The van der Waals surface area contributed by atoms with Crippen molar-refractivity contribution in [3.05, 3.63) is 41.6 Å². The Labute approximate surface area is 106 Å². The van der Waals surface area contributed by atoms with E-state index < -0.39 is 10.0 Å². The highest BCUT2D eigenvalue weighted by Crippen LogP contribution is 2.17. The maximum atomic E-state index is 12.0. The van der Waals surface area contributed by atoms with Gasteiger partial charge in [-0.2, -0.15) is 0 Å². The van der Waals surface area contributed by atoms with Gasteiger partial charge in [-0.15, -0.1) is 0 Å². The standard InChI is InChI=1S/C12H14N2O3S/c1-3-10-4-6-11(7-5-10)18(15,16)14-12-8-9(2)13-17-12/h4-8,14H,3H2,1-2H3. The number of rotatable bonds is 4. The topological polar surface area (TPSA) is 72.2 Å². The highest BCUT2D eigenvalue weighted by molar-refractivity contribution is 7.92. The molecule has 96 valence electrons. The van der Waals surface area contributed by atoms with Crippen molar-refractivity contribution in [2.75, 3.05) is 4.72 Å². The van der Waals surface area contributed by atoms with Gasteiger partial charge in [0, 0.05) is 6.07 Å².